The number of aromatic nitrogens is 2. The van der Waals surface area contributed by atoms with Crippen LogP contribution < -0.4 is 0 Å². The molecule has 3 atom stereocenters. The third-order valence-electron chi connectivity index (χ3n) is 6.12. The summed E-state index contributed by atoms with van der Waals surface area (Å²) >= 11 is 0. The summed E-state index contributed by atoms with van der Waals surface area (Å²) in [6.45, 7) is 4.19. The number of carbonyl (C=O) groups is 1. The summed E-state index contributed by atoms with van der Waals surface area (Å²) in [7, 11) is 0. The van der Waals surface area contributed by atoms with Gasteiger partial charge in [0.05, 0.1) is 5.41 Å². The predicted octanol–water partition coefficient (Wildman–Crippen LogP) is 3.19. The van der Waals surface area contributed by atoms with E-state index in [1.165, 1.54) is 5.56 Å². The first-order valence-corrected chi connectivity index (χ1v) is 9.08. The molecule has 0 amide bonds. The van der Waals surface area contributed by atoms with E-state index in [0.29, 0.717) is 12.5 Å². The predicted molar refractivity (Wildman–Crippen MR) is 95.2 cm³/mol. The molecule has 2 N–H and O–H groups in total. The fraction of sp³-hybridized carbons (Fsp3) is 0.500. The number of carboxylic acid groups (broad SMARTS) is 1. The van der Waals surface area contributed by atoms with Crippen LogP contribution in [0.4, 0.5) is 0 Å². The number of hydrogen-bond acceptors (Lipinski definition) is 3. The molecule has 2 aliphatic rings. The molecule has 0 bridgehead atoms. The van der Waals surface area contributed by atoms with Gasteiger partial charge in [-0.3, -0.25) is 9.69 Å². The van der Waals surface area contributed by atoms with Crippen molar-refractivity contribution in [1.82, 2.24) is 14.9 Å². The van der Waals surface area contributed by atoms with Gasteiger partial charge >= 0.3 is 5.97 Å². The maximum absolute atomic E-state index is 12.2. The molecule has 1 saturated carbocycles. The summed E-state index contributed by atoms with van der Waals surface area (Å²) in [4.78, 5) is 22.0. The fourth-order valence-electron chi connectivity index (χ4n) is 4.85. The van der Waals surface area contributed by atoms with Crippen LogP contribution in [0.15, 0.2) is 36.5 Å². The van der Waals surface area contributed by atoms with Gasteiger partial charge in [0, 0.05) is 31.5 Å². The molecule has 132 valence electrons. The van der Waals surface area contributed by atoms with Crippen molar-refractivity contribution in [3.63, 3.8) is 0 Å². The molecule has 5 nitrogen and oxygen atoms in total. The zero-order valence-corrected chi connectivity index (χ0v) is 14.6. The van der Waals surface area contributed by atoms with Crippen LogP contribution in [0, 0.1) is 18.3 Å². The van der Waals surface area contributed by atoms with E-state index in [9.17, 15) is 9.90 Å². The average molecular weight is 339 g/mol. The van der Waals surface area contributed by atoms with Gasteiger partial charge in [0.2, 0.25) is 0 Å². The van der Waals surface area contributed by atoms with E-state index >= 15 is 0 Å². The lowest BCUT2D eigenvalue weighted by Crippen LogP contribution is -2.42. The van der Waals surface area contributed by atoms with Crippen molar-refractivity contribution in [3.8, 4) is 0 Å². The number of nitrogens with one attached hydrogen (secondary N) is 1. The smallest absolute Gasteiger partial charge is 0.311 e. The Morgan fingerprint density at radius 2 is 2.20 bits per heavy atom. The Hall–Kier alpha value is -2.14. The summed E-state index contributed by atoms with van der Waals surface area (Å²) in [5, 5.41) is 10.00. The number of H-pyrrole nitrogens is 1. The first-order valence-electron chi connectivity index (χ1n) is 9.08. The monoisotopic (exact) mass is 339 g/mol. The molecule has 2 heterocycles. The number of hydrogen-bond donors (Lipinski definition) is 2. The van der Waals surface area contributed by atoms with Gasteiger partial charge in [-0.15, -0.1) is 0 Å². The van der Waals surface area contributed by atoms with Crippen molar-refractivity contribution in [2.24, 2.45) is 11.3 Å². The lowest BCUT2D eigenvalue weighted by molar-refractivity contribution is -0.152. The summed E-state index contributed by atoms with van der Waals surface area (Å²) in [5.74, 6) is 0.983. The SMILES string of the molecule is Cc1ncc(CN2C[C@@H]3CC(c4ccccc4)CC[C@]3(C(=O)O)C2)[nH]1. The van der Waals surface area contributed by atoms with E-state index < -0.39 is 11.4 Å². The average Bonchev–Trinajstić information content (AvgIpc) is 3.18. The molecular formula is C20H25N3O2. The zero-order valence-electron chi connectivity index (χ0n) is 14.6. The molecule has 1 aromatic heterocycles. The van der Waals surface area contributed by atoms with E-state index in [0.717, 1.165) is 43.9 Å². The molecule has 5 heteroatoms. The van der Waals surface area contributed by atoms with E-state index in [-0.39, 0.29) is 5.92 Å². The lowest BCUT2D eigenvalue weighted by Gasteiger charge is -2.38. The minimum Gasteiger partial charge on any atom is -0.481 e. The number of likely N-dealkylation sites (tertiary alicyclic amines) is 1. The second-order valence-electron chi connectivity index (χ2n) is 7.70. The van der Waals surface area contributed by atoms with Gasteiger partial charge in [-0.1, -0.05) is 30.3 Å². The Bertz CT molecular complexity index is 757. The highest BCUT2D eigenvalue weighted by atomic mass is 16.4. The number of carboxylic acids is 1. The second kappa shape index (κ2) is 6.30. The molecule has 0 spiro atoms. The van der Waals surface area contributed by atoms with Crippen LogP contribution >= 0.6 is 0 Å². The Kier molecular flexibility index (Phi) is 4.12. The van der Waals surface area contributed by atoms with Gasteiger partial charge in [-0.25, -0.2) is 4.98 Å². The molecular weight excluding hydrogens is 314 g/mol. The van der Waals surface area contributed by atoms with Crippen molar-refractivity contribution in [2.45, 2.75) is 38.6 Å². The summed E-state index contributed by atoms with van der Waals surface area (Å²) < 4.78 is 0. The topological polar surface area (TPSA) is 69.2 Å². The molecule has 1 saturated heterocycles. The minimum atomic E-state index is -0.618. The van der Waals surface area contributed by atoms with Crippen LogP contribution in [0.2, 0.25) is 0 Å². The molecule has 1 unspecified atom stereocenters. The maximum atomic E-state index is 12.2. The Morgan fingerprint density at radius 3 is 2.88 bits per heavy atom. The van der Waals surface area contributed by atoms with E-state index in [1.807, 2.05) is 19.2 Å². The molecule has 2 aromatic rings. The first-order chi connectivity index (χ1) is 12.1. The number of aliphatic carboxylic acids is 1. The van der Waals surface area contributed by atoms with Crippen molar-refractivity contribution < 1.29 is 9.90 Å². The van der Waals surface area contributed by atoms with E-state index in [2.05, 4.69) is 39.1 Å². The van der Waals surface area contributed by atoms with Gasteiger partial charge in [-0.2, -0.15) is 0 Å². The highest BCUT2D eigenvalue weighted by molar-refractivity contribution is 5.76. The lowest BCUT2D eigenvalue weighted by atomic mass is 9.64. The number of aryl methyl sites for hydroxylation is 1. The largest absolute Gasteiger partial charge is 0.481 e. The molecule has 25 heavy (non-hydrogen) atoms. The molecule has 0 radical (unpaired) electrons. The number of rotatable bonds is 4. The van der Waals surface area contributed by atoms with Crippen molar-refractivity contribution in [1.29, 1.82) is 0 Å². The maximum Gasteiger partial charge on any atom is 0.311 e. The van der Waals surface area contributed by atoms with Crippen molar-refractivity contribution in [2.75, 3.05) is 13.1 Å². The zero-order chi connectivity index (χ0) is 17.4. The minimum absolute atomic E-state index is 0.216. The van der Waals surface area contributed by atoms with Gasteiger partial charge < -0.3 is 10.1 Å². The number of aromatic amines is 1. The Balaban J connectivity index is 1.52. The van der Waals surface area contributed by atoms with Crippen LogP contribution in [0.5, 0.6) is 0 Å². The van der Waals surface area contributed by atoms with Gasteiger partial charge in [0.25, 0.3) is 0 Å². The van der Waals surface area contributed by atoms with Crippen LogP contribution in [-0.2, 0) is 11.3 Å². The molecule has 2 fully saturated rings. The summed E-state index contributed by atoms with van der Waals surface area (Å²) in [6.07, 6.45) is 4.56. The van der Waals surface area contributed by atoms with Gasteiger partial charge in [0.1, 0.15) is 5.82 Å². The van der Waals surface area contributed by atoms with Crippen molar-refractivity contribution >= 4 is 5.97 Å². The molecule has 1 aliphatic carbocycles. The van der Waals surface area contributed by atoms with Crippen LogP contribution in [0.25, 0.3) is 0 Å². The van der Waals surface area contributed by atoms with E-state index in [1.54, 1.807) is 0 Å². The standard InChI is InChI=1S/C20H25N3O2/c1-14-21-10-18(22-14)12-23-11-17-9-16(15-5-3-2-4-6-15)7-8-20(17,13-23)19(24)25/h2-6,10,16-17H,7-9,11-13H2,1H3,(H,21,22)(H,24,25)/t16?,17-,20-/m0/s1. The molecule has 4 rings (SSSR count). The van der Waals surface area contributed by atoms with E-state index in [4.69, 9.17) is 0 Å². The normalized spacial score (nSPS) is 29.5. The van der Waals surface area contributed by atoms with Gasteiger partial charge in [-0.05, 0) is 43.6 Å². The first kappa shape index (κ1) is 16.3. The highest BCUT2D eigenvalue weighted by Crippen LogP contribution is 2.51. The fourth-order valence-corrected chi connectivity index (χ4v) is 4.85. The molecule has 1 aliphatic heterocycles. The quantitative estimate of drug-likeness (QED) is 0.897. The number of imidazole rings is 1. The number of benzene rings is 1. The third kappa shape index (κ3) is 2.97. The summed E-state index contributed by atoms with van der Waals surface area (Å²) in [6, 6.07) is 10.6. The molecule has 1 aromatic carbocycles. The van der Waals surface area contributed by atoms with Crippen LogP contribution in [0.3, 0.4) is 0 Å². The highest BCUT2D eigenvalue weighted by Gasteiger charge is 2.54. The van der Waals surface area contributed by atoms with Crippen molar-refractivity contribution in [3.05, 3.63) is 53.6 Å². The summed E-state index contributed by atoms with van der Waals surface area (Å²) in [5.41, 5.74) is 1.83. The Labute approximate surface area is 148 Å². The number of nitrogens with zero attached hydrogens (tertiary/aromatic N) is 2. The third-order valence-corrected chi connectivity index (χ3v) is 6.12. The van der Waals surface area contributed by atoms with Crippen LogP contribution in [0.1, 0.15) is 42.3 Å². The van der Waals surface area contributed by atoms with Gasteiger partial charge in [0.15, 0.2) is 0 Å². The van der Waals surface area contributed by atoms with Crippen LogP contribution in [-0.4, -0.2) is 39.0 Å². The Morgan fingerprint density at radius 1 is 1.40 bits per heavy atom. The number of fused-ring (bicyclic) bond motifs is 1. The second-order valence-corrected chi connectivity index (χ2v) is 7.70.